The maximum Gasteiger partial charge on any atom is 0.0234 e. The monoisotopic (exact) mass is 317 g/mol. The van der Waals surface area contributed by atoms with Crippen molar-refractivity contribution in [1.29, 1.82) is 0 Å². The van der Waals surface area contributed by atoms with Gasteiger partial charge in [0.05, 0.1) is 0 Å². The Morgan fingerprint density at radius 2 is 1.96 bits per heavy atom. The molecule has 2 aliphatic rings. The van der Waals surface area contributed by atoms with Gasteiger partial charge < -0.3 is 0 Å². The largest absolute Gasteiger partial charge is 0.298 e. The Balaban J connectivity index is 1.62. The van der Waals surface area contributed by atoms with Crippen molar-refractivity contribution in [2.24, 2.45) is 5.41 Å². The van der Waals surface area contributed by atoms with Crippen LogP contribution in [0.15, 0.2) is 54.6 Å². The molecule has 0 N–H and O–H groups in total. The average Bonchev–Trinajstić information content (AvgIpc) is 2.93. The molecule has 1 fully saturated rings. The van der Waals surface area contributed by atoms with E-state index >= 15 is 0 Å². The molecule has 2 aromatic rings. The minimum Gasteiger partial charge on any atom is -0.298 e. The third kappa shape index (κ3) is 2.71. The highest BCUT2D eigenvalue weighted by molar-refractivity contribution is 5.57. The van der Waals surface area contributed by atoms with E-state index < -0.39 is 0 Å². The SMILES string of the molecule is C/C=C\c1cccc2c1CC[C@]1(C)CN(Cc3ccccc3)C[C@@H]21. The van der Waals surface area contributed by atoms with Crippen LogP contribution in [0.3, 0.4) is 0 Å². The van der Waals surface area contributed by atoms with Crippen molar-refractivity contribution in [3.05, 3.63) is 76.9 Å². The van der Waals surface area contributed by atoms with Crippen molar-refractivity contribution in [3.63, 3.8) is 0 Å². The van der Waals surface area contributed by atoms with Crippen LogP contribution in [0.1, 0.15) is 48.4 Å². The number of hydrogen-bond donors (Lipinski definition) is 0. The van der Waals surface area contributed by atoms with Crippen LogP contribution in [0.5, 0.6) is 0 Å². The van der Waals surface area contributed by atoms with Crippen LogP contribution in [0.4, 0.5) is 0 Å². The van der Waals surface area contributed by atoms with Crippen molar-refractivity contribution >= 4 is 6.08 Å². The Bertz CT molecular complexity index is 746. The fourth-order valence-electron chi connectivity index (χ4n) is 4.84. The van der Waals surface area contributed by atoms with E-state index in [0.29, 0.717) is 11.3 Å². The zero-order chi connectivity index (χ0) is 16.6. The van der Waals surface area contributed by atoms with E-state index in [1.165, 1.54) is 37.1 Å². The summed E-state index contributed by atoms with van der Waals surface area (Å²) in [5.41, 5.74) is 6.49. The van der Waals surface area contributed by atoms with Gasteiger partial charge in [-0.2, -0.15) is 0 Å². The van der Waals surface area contributed by atoms with E-state index in [2.05, 4.69) is 79.4 Å². The molecule has 1 aliphatic carbocycles. The second-order valence-electron chi connectivity index (χ2n) is 7.78. The molecular weight excluding hydrogens is 290 g/mol. The maximum atomic E-state index is 2.66. The summed E-state index contributed by atoms with van der Waals surface area (Å²) in [6.07, 6.45) is 6.98. The molecule has 4 rings (SSSR count). The van der Waals surface area contributed by atoms with Crippen molar-refractivity contribution < 1.29 is 0 Å². The molecule has 0 aromatic heterocycles. The number of likely N-dealkylation sites (tertiary alicyclic amines) is 1. The van der Waals surface area contributed by atoms with Crippen LogP contribution >= 0.6 is 0 Å². The smallest absolute Gasteiger partial charge is 0.0234 e. The lowest BCUT2D eigenvalue weighted by Crippen LogP contribution is -2.31. The van der Waals surface area contributed by atoms with Gasteiger partial charge in [-0.25, -0.2) is 0 Å². The van der Waals surface area contributed by atoms with E-state index in [-0.39, 0.29) is 0 Å². The lowest BCUT2D eigenvalue weighted by atomic mass is 9.66. The molecule has 0 saturated carbocycles. The van der Waals surface area contributed by atoms with Crippen molar-refractivity contribution in [2.75, 3.05) is 13.1 Å². The summed E-state index contributed by atoms with van der Waals surface area (Å²) in [4.78, 5) is 2.66. The van der Waals surface area contributed by atoms with Crippen molar-refractivity contribution in [3.8, 4) is 0 Å². The predicted molar refractivity (Wildman–Crippen MR) is 102 cm³/mol. The average molecular weight is 317 g/mol. The lowest BCUT2D eigenvalue weighted by Gasteiger charge is -2.37. The van der Waals surface area contributed by atoms with Crippen LogP contribution in [-0.4, -0.2) is 18.0 Å². The highest BCUT2D eigenvalue weighted by Gasteiger charge is 2.46. The van der Waals surface area contributed by atoms with Gasteiger partial charge in [-0.05, 0) is 47.4 Å². The maximum absolute atomic E-state index is 2.66. The molecule has 1 aliphatic heterocycles. The van der Waals surface area contributed by atoms with Crippen LogP contribution in [0, 0.1) is 5.41 Å². The molecule has 0 amide bonds. The highest BCUT2D eigenvalue weighted by Crippen LogP contribution is 2.51. The summed E-state index contributed by atoms with van der Waals surface area (Å²) in [5.74, 6) is 0.676. The molecule has 1 heterocycles. The molecule has 1 heteroatoms. The van der Waals surface area contributed by atoms with Gasteiger partial charge in [0.25, 0.3) is 0 Å². The molecule has 124 valence electrons. The van der Waals surface area contributed by atoms with E-state index in [1.807, 2.05) is 0 Å². The van der Waals surface area contributed by atoms with E-state index in [9.17, 15) is 0 Å². The summed E-state index contributed by atoms with van der Waals surface area (Å²) < 4.78 is 0. The first-order chi connectivity index (χ1) is 11.7. The van der Waals surface area contributed by atoms with Gasteiger partial charge in [-0.1, -0.05) is 67.6 Å². The fraction of sp³-hybridized carbons (Fsp3) is 0.391. The Labute approximate surface area is 146 Å². The third-order valence-electron chi connectivity index (χ3n) is 6.03. The summed E-state index contributed by atoms with van der Waals surface area (Å²) in [6.45, 7) is 8.12. The first-order valence-electron chi connectivity index (χ1n) is 9.20. The van der Waals surface area contributed by atoms with Crippen LogP contribution in [0.2, 0.25) is 0 Å². The quantitative estimate of drug-likeness (QED) is 0.745. The second kappa shape index (κ2) is 6.22. The zero-order valence-corrected chi connectivity index (χ0v) is 14.8. The molecule has 24 heavy (non-hydrogen) atoms. The van der Waals surface area contributed by atoms with Gasteiger partial charge in [0.2, 0.25) is 0 Å². The number of allylic oxidation sites excluding steroid dienone is 1. The minimum atomic E-state index is 0.427. The van der Waals surface area contributed by atoms with Gasteiger partial charge in [0.1, 0.15) is 0 Å². The first-order valence-corrected chi connectivity index (χ1v) is 9.20. The standard InChI is InChI=1S/C23H27N/c1-3-8-19-11-7-12-21-20(19)13-14-23(2)17-24(16-22(21)23)15-18-9-5-4-6-10-18/h3-12,22H,13-17H2,1-2H3/b8-3-/t22-,23+/m0/s1. The van der Waals surface area contributed by atoms with Crippen LogP contribution in [-0.2, 0) is 13.0 Å². The number of benzene rings is 2. The van der Waals surface area contributed by atoms with E-state index in [1.54, 1.807) is 11.1 Å². The molecule has 0 spiro atoms. The Morgan fingerprint density at radius 3 is 2.75 bits per heavy atom. The molecule has 0 unspecified atom stereocenters. The van der Waals surface area contributed by atoms with Crippen molar-refractivity contribution in [1.82, 2.24) is 4.90 Å². The normalized spacial score (nSPS) is 26.5. The molecular formula is C23H27N. The van der Waals surface area contributed by atoms with Gasteiger partial charge >= 0.3 is 0 Å². The highest BCUT2D eigenvalue weighted by atomic mass is 15.2. The molecule has 2 aromatic carbocycles. The predicted octanol–water partition coefficient (Wildman–Crippen LogP) is 5.27. The topological polar surface area (TPSA) is 3.24 Å². The molecule has 0 bridgehead atoms. The van der Waals surface area contributed by atoms with Gasteiger partial charge in [0, 0.05) is 25.6 Å². The van der Waals surface area contributed by atoms with Gasteiger partial charge in [-0.15, -0.1) is 0 Å². The summed E-state index contributed by atoms with van der Waals surface area (Å²) >= 11 is 0. The first kappa shape index (κ1) is 15.7. The molecule has 1 saturated heterocycles. The lowest BCUT2D eigenvalue weighted by molar-refractivity contribution is 0.240. The number of rotatable bonds is 3. The van der Waals surface area contributed by atoms with E-state index in [4.69, 9.17) is 0 Å². The molecule has 2 atom stereocenters. The summed E-state index contributed by atoms with van der Waals surface area (Å²) in [7, 11) is 0. The third-order valence-corrected chi connectivity index (χ3v) is 6.03. The van der Waals surface area contributed by atoms with Crippen LogP contribution in [0.25, 0.3) is 6.08 Å². The zero-order valence-electron chi connectivity index (χ0n) is 14.8. The summed E-state index contributed by atoms with van der Waals surface area (Å²) in [5, 5.41) is 0. The number of fused-ring (bicyclic) bond motifs is 3. The second-order valence-corrected chi connectivity index (χ2v) is 7.78. The number of hydrogen-bond acceptors (Lipinski definition) is 1. The number of nitrogens with zero attached hydrogens (tertiary/aromatic N) is 1. The molecule has 1 nitrogen and oxygen atoms in total. The fourth-order valence-corrected chi connectivity index (χ4v) is 4.84. The minimum absolute atomic E-state index is 0.427. The van der Waals surface area contributed by atoms with E-state index in [0.717, 1.165) is 6.54 Å². The Hall–Kier alpha value is -1.86. The summed E-state index contributed by atoms with van der Waals surface area (Å²) in [6, 6.07) is 17.8. The Kier molecular flexibility index (Phi) is 4.05. The van der Waals surface area contributed by atoms with Gasteiger partial charge in [0.15, 0.2) is 0 Å². The van der Waals surface area contributed by atoms with Gasteiger partial charge in [-0.3, -0.25) is 4.90 Å². The Morgan fingerprint density at radius 1 is 1.12 bits per heavy atom. The van der Waals surface area contributed by atoms with Crippen molar-refractivity contribution in [2.45, 2.75) is 39.2 Å². The molecule has 0 radical (unpaired) electrons. The van der Waals surface area contributed by atoms with Crippen LogP contribution < -0.4 is 0 Å².